The van der Waals surface area contributed by atoms with Crippen LogP contribution in [0.4, 0.5) is 0 Å². The molecule has 0 aliphatic rings. The van der Waals surface area contributed by atoms with Gasteiger partial charge in [0, 0.05) is 21.6 Å². The Bertz CT molecular complexity index is 798. The number of benzene rings is 1. The van der Waals surface area contributed by atoms with E-state index in [9.17, 15) is 0 Å². The van der Waals surface area contributed by atoms with Crippen molar-refractivity contribution in [3.05, 3.63) is 39.9 Å². The van der Waals surface area contributed by atoms with Gasteiger partial charge in [0.15, 0.2) is 0 Å². The number of ether oxygens (including phenoxy) is 1. The fraction of sp³-hybridized carbons (Fsp3) is 0.250. The smallest absolute Gasteiger partial charge is 0.129 e. The van der Waals surface area contributed by atoms with E-state index < -0.39 is 0 Å². The van der Waals surface area contributed by atoms with Gasteiger partial charge in [0.25, 0.3) is 0 Å². The molecule has 3 nitrogen and oxygen atoms in total. The Morgan fingerprint density at radius 3 is 2.76 bits per heavy atom. The van der Waals surface area contributed by atoms with Crippen molar-refractivity contribution in [1.29, 1.82) is 0 Å². The van der Waals surface area contributed by atoms with Crippen molar-refractivity contribution in [2.24, 2.45) is 0 Å². The van der Waals surface area contributed by atoms with E-state index in [1.165, 1.54) is 0 Å². The van der Waals surface area contributed by atoms with Crippen molar-refractivity contribution in [3.8, 4) is 16.3 Å². The third-order valence-corrected chi connectivity index (χ3v) is 5.07. The zero-order valence-corrected chi connectivity index (χ0v) is 14.5. The average Bonchev–Trinajstić information content (AvgIpc) is 2.97. The molecular weight excluding hydrogens is 348 g/mol. The molecule has 0 fully saturated rings. The number of hydrogen-bond acceptors (Lipinski definition) is 4. The van der Waals surface area contributed by atoms with Crippen LogP contribution in [-0.2, 0) is 0 Å². The Labute approximate surface area is 136 Å². The number of halogens is 1. The highest BCUT2D eigenvalue weighted by Crippen LogP contribution is 2.39. The maximum Gasteiger partial charge on any atom is 0.129 e. The lowest BCUT2D eigenvalue weighted by Crippen LogP contribution is -1.91. The standard InChI is InChI=1S/C16H15BrN2OS/c1-9(2)12-8-21-16(19-12)10-7-18-11-5-4-6-13(20-3)14(11)15(10)17/h4-9H,1-3H3. The molecule has 108 valence electrons. The Morgan fingerprint density at radius 1 is 1.29 bits per heavy atom. The van der Waals surface area contributed by atoms with E-state index in [4.69, 9.17) is 9.72 Å². The van der Waals surface area contributed by atoms with E-state index >= 15 is 0 Å². The molecule has 0 saturated carbocycles. The van der Waals surface area contributed by atoms with Gasteiger partial charge in [0.05, 0.1) is 23.7 Å². The van der Waals surface area contributed by atoms with Gasteiger partial charge in [-0.3, -0.25) is 4.98 Å². The summed E-state index contributed by atoms with van der Waals surface area (Å²) in [5, 5.41) is 4.07. The third-order valence-electron chi connectivity index (χ3n) is 3.36. The number of thiazole rings is 1. The van der Waals surface area contributed by atoms with Crippen molar-refractivity contribution in [2.75, 3.05) is 7.11 Å². The summed E-state index contributed by atoms with van der Waals surface area (Å²) in [6.45, 7) is 4.30. The monoisotopic (exact) mass is 362 g/mol. The highest BCUT2D eigenvalue weighted by molar-refractivity contribution is 9.10. The maximum absolute atomic E-state index is 5.46. The first kappa shape index (κ1) is 14.5. The molecule has 0 spiro atoms. The molecule has 0 aliphatic carbocycles. The van der Waals surface area contributed by atoms with Gasteiger partial charge in [-0.2, -0.15) is 0 Å². The first-order valence-corrected chi connectivity index (χ1v) is 8.36. The van der Waals surface area contributed by atoms with Crippen LogP contribution < -0.4 is 4.74 Å². The van der Waals surface area contributed by atoms with E-state index in [0.29, 0.717) is 5.92 Å². The van der Waals surface area contributed by atoms with Crippen LogP contribution in [0, 0.1) is 0 Å². The lowest BCUT2D eigenvalue weighted by molar-refractivity contribution is 0.419. The molecule has 0 amide bonds. The Balaban J connectivity index is 2.21. The maximum atomic E-state index is 5.46. The zero-order chi connectivity index (χ0) is 15.0. The molecule has 3 aromatic rings. The first-order chi connectivity index (χ1) is 10.1. The Morgan fingerprint density at radius 2 is 2.10 bits per heavy atom. The summed E-state index contributed by atoms with van der Waals surface area (Å²) in [7, 11) is 1.67. The van der Waals surface area contributed by atoms with E-state index in [0.717, 1.165) is 37.4 Å². The number of fused-ring (bicyclic) bond motifs is 1. The van der Waals surface area contributed by atoms with Crippen molar-refractivity contribution >= 4 is 38.2 Å². The topological polar surface area (TPSA) is 35.0 Å². The predicted octanol–water partition coefficient (Wildman–Crippen LogP) is 5.25. The average molecular weight is 363 g/mol. The molecule has 0 radical (unpaired) electrons. The Hall–Kier alpha value is -1.46. The molecule has 0 aliphatic heterocycles. The molecule has 0 N–H and O–H groups in total. The molecule has 5 heteroatoms. The molecule has 21 heavy (non-hydrogen) atoms. The van der Waals surface area contributed by atoms with Crippen LogP contribution in [-0.4, -0.2) is 17.1 Å². The fourth-order valence-corrected chi connectivity index (χ4v) is 3.98. The van der Waals surface area contributed by atoms with Gasteiger partial charge in [-0.25, -0.2) is 4.98 Å². The largest absolute Gasteiger partial charge is 0.496 e. The highest BCUT2D eigenvalue weighted by atomic mass is 79.9. The van der Waals surface area contributed by atoms with Gasteiger partial charge in [-0.05, 0) is 34.0 Å². The van der Waals surface area contributed by atoms with Crippen molar-refractivity contribution in [2.45, 2.75) is 19.8 Å². The lowest BCUT2D eigenvalue weighted by atomic mass is 10.1. The second kappa shape index (κ2) is 5.73. The first-order valence-electron chi connectivity index (χ1n) is 6.68. The summed E-state index contributed by atoms with van der Waals surface area (Å²) in [5.74, 6) is 1.24. The van der Waals surface area contributed by atoms with Gasteiger partial charge in [-0.15, -0.1) is 11.3 Å². The molecule has 1 aromatic carbocycles. The SMILES string of the molecule is COc1cccc2ncc(-c3nc(C(C)C)cs3)c(Br)c12. The predicted molar refractivity (Wildman–Crippen MR) is 91.2 cm³/mol. The van der Waals surface area contributed by atoms with E-state index in [1.54, 1.807) is 18.4 Å². The molecule has 0 unspecified atom stereocenters. The number of nitrogens with zero attached hydrogens (tertiary/aromatic N) is 2. The third kappa shape index (κ3) is 2.56. The normalized spacial score (nSPS) is 11.3. The zero-order valence-electron chi connectivity index (χ0n) is 12.1. The second-order valence-electron chi connectivity index (χ2n) is 5.07. The summed E-state index contributed by atoms with van der Waals surface area (Å²) < 4.78 is 6.44. The number of methoxy groups -OCH3 is 1. The van der Waals surface area contributed by atoms with Crippen LogP contribution in [0.5, 0.6) is 5.75 Å². The number of aromatic nitrogens is 2. The number of pyridine rings is 1. The Kier molecular flexibility index (Phi) is 3.95. The van der Waals surface area contributed by atoms with E-state index in [-0.39, 0.29) is 0 Å². The molecule has 0 bridgehead atoms. The number of rotatable bonds is 3. The van der Waals surface area contributed by atoms with Gasteiger partial charge in [-0.1, -0.05) is 19.9 Å². The molecule has 3 rings (SSSR count). The van der Waals surface area contributed by atoms with Crippen molar-refractivity contribution in [3.63, 3.8) is 0 Å². The minimum Gasteiger partial charge on any atom is -0.496 e. The molecule has 0 saturated heterocycles. The van der Waals surface area contributed by atoms with E-state index in [1.807, 2.05) is 24.4 Å². The van der Waals surface area contributed by atoms with E-state index in [2.05, 4.69) is 40.1 Å². The molecule has 0 atom stereocenters. The lowest BCUT2D eigenvalue weighted by Gasteiger charge is -2.09. The summed E-state index contributed by atoms with van der Waals surface area (Å²) in [4.78, 5) is 9.25. The minimum atomic E-state index is 0.428. The quantitative estimate of drug-likeness (QED) is 0.637. The fourth-order valence-electron chi connectivity index (χ4n) is 2.17. The van der Waals surface area contributed by atoms with Crippen LogP contribution >= 0.6 is 27.3 Å². The second-order valence-corrected chi connectivity index (χ2v) is 6.72. The van der Waals surface area contributed by atoms with Gasteiger partial charge in [0.1, 0.15) is 10.8 Å². The van der Waals surface area contributed by atoms with Gasteiger partial charge < -0.3 is 4.74 Å². The molecule has 2 heterocycles. The number of hydrogen-bond donors (Lipinski definition) is 0. The van der Waals surface area contributed by atoms with Crippen LogP contribution in [0.25, 0.3) is 21.5 Å². The summed E-state index contributed by atoms with van der Waals surface area (Å²) in [5.41, 5.74) is 3.02. The van der Waals surface area contributed by atoms with Crippen molar-refractivity contribution in [1.82, 2.24) is 9.97 Å². The highest BCUT2D eigenvalue weighted by Gasteiger charge is 2.15. The van der Waals surface area contributed by atoms with Crippen LogP contribution in [0.1, 0.15) is 25.5 Å². The summed E-state index contributed by atoms with van der Waals surface area (Å²) in [6, 6.07) is 5.87. The van der Waals surface area contributed by atoms with Crippen LogP contribution in [0.2, 0.25) is 0 Å². The van der Waals surface area contributed by atoms with Crippen LogP contribution in [0.3, 0.4) is 0 Å². The van der Waals surface area contributed by atoms with Crippen molar-refractivity contribution < 1.29 is 4.74 Å². The summed E-state index contributed by atoms with van der Waals surface area (Å²) >= 11 is 5.35. The van der Waals surface area contributed by atoms with Crippen LogP contribution in [0.15, 0.2) is 34.2 Å². The minimum absolute atomic E-state index is 0.428. The summed E-state index contributed by atoms with van der Waals surface area (Å²) in [6.07, 6.45) is 1.87. The van der Waals surface area contributed by atoms with Gasteiger partial charge >= 0.3 is 0 Å². The molecule has 2 aromatic heterocycles. The molecular formula is C16H15BrN2OS. The van der Waals surface area contributed by atoms with Gasteiger partial charge in [0.2, 0.25) is 0 Å².